The van der Waals surface area contributed by atoms with Crippen molar-refractivity contribution in [2.75, 3.05) is 13.2 Å². The topological polar surface area (TPSA) is 78.9 Å². The van der Waals surface area contributed by atoms with Crippen molar-refractivity contribution in [1.82, 2.24) is 0 Å². The van der Waals surface area contributed by atoms with E-state index in [1.807, 2.05) is 0 Å². The van der Waals surface area contributed by atoms with Crippen LogP contribution in [0.1, 0.15) is 227 Å². The maximum absolute atomic E-state index is 12.6. The van der Waals surface area contributed by atoms with E-state index in [0.717, 1.165) is 63.7 Å². The third kappa shape index (κ3) is 34.3. The Morgan fingerprint density at radius 3 is 1.08 bits per heavy atom. The molecule has 0 aliphatic heterocycles. The van der Waals surface area contributed by atoms with E-state index in [9.17, 15) is 14.4 Å². The molecule has 0 amide bonds. The summed E-state index contributed by atoms with van der Waals surface area (Å²) in [6, 6.07) is 0. The van der Waals surface area contributed by atoms with E-state index in [1.54, 1.807) is 0 Å². The summed E-state index contributed by atoms with van der Waals surface area (Å²) >= 11 is 0. The van der Waals surface area contributed by atoms with E-state index in [0.29, 0.717) is 19.3 Å². The summed E-state index contributed by atoms with van der Waals surface area (Å²) in [5.41, 5.74) is 0. The van der Waals surface area contributed by atoms with Gasteiger partial charge in [0.05, 0.1) is 0 Å². The van der Waals surface area contributed by atoms with Gasteiger partial charge >= 0.3 is 17.9 Å². The summed E-state index contributed by atoms with van der Waals surface area (Å²) in [6.07, 6.45) is 33.7. The SMILES string of the molecule is CCCCCCCCCCCCCC(=O)OC[C@@H](COC(=O)CCCCCCCCCCC)OC(=O)CCCCCCCCC(C)CC. The van der Waals surface area contributed by atoms with E-state index in [-0.39, 0.29) is 31.1 Å². The van der Waals surface area contributed by atoms with Gasteiger partial charge in [0.2, 0.25) is 0 Å². The van der Waals surface area contributed by atoms with Gasteiger partial charge in [0, 0.05) is 19.3 Å². The lowest BCUT2D eigenvalue weighted by molar-refractivity contribution is -0.167. The highest BCUT2D eigenvalue weighted by Gasteiger charge is 2.19. The molecule has 284 valence electrons. The normalized spacial score (nSPS) is 12.5. The van der Waals surface area contributed by atoms with E-state index in [1.165, 1.54) is 122 Å². The monoisotopic (exact) mass is 681 g/mol. The molecule has 2 atom stereocenters. The first-order valence-electron chi connectivity index (χ1n) is 20.9. The summed E-state index contributed by atoms with van der Waals surface area (Å²) in [4.78, 5) is 37.5. The lowest BCUT2D eigenvalue weighted by Gasteiger charge is -2.18. The van der Waals surface area contributed by atoms with Crippen molar-refractivity contribution in [1.29, 1.82) is 0 Å². The Labute approximate surface area is 298 Å². The van der Waals surface area contributed by atoms with Gasteiger partial charge in [-0.1, -0.05) is 188 Å². The average Bonchev–Trinajstić information content (AvgIpc) is 3.08. The zero-order valence-electron chi connectivity index (χ0n) is 32.4. The number of esters is 3. The number of carbonyl (C=O) groups is 3. The Morgan fingerprint density at radius 1 is 0.417 bits per heavy atom. The second-order valence-electron chi connectivity index (χ2n) is 14.5. The van der Waals surface area contributed by atoms with Gasteiger partial charge in [-0.05, 0) is 25.2 Å². The minimum Gasteiger partial charge on any atom is -0.462 e. The standard InChI is InChI=1S/C42H80O6/c1-5-8-10-12-14-16-17-19-21-26-30-34-41(44)47-37-39(36-46-40(43)33-29-25-20-18-15-13-11-9-6-2)48-42(45)35-31-27-23-22-24-28-32-38(4)7-3/h38-39H,5-37H2,1-4H3/t38?,39-/m1/s1. The maximum Gasteiger partial charge on any atom is 0.306 e. The molecular weight excluding hydrogens is 600 g/mol. The zero-order valence-corrected chi connectivity index (χ0v) is 32.4. The first-order chi connectivity index (χ1) is 23.4. The van der Waals surface area contributed by atoms with E-state index < -0.39 is 6.10 Å². The van der Waals surface area contributed by atoms with E-state index in [2.05, 4.69) is 27.7 Å². The highest BCUT2D eigenvalue weighted by Crippen LogP contribution is 2.16. The molecule has 0 aromatic heterocycles. The van der Waals surface area contributed by atoms with Crippen LogP contribution in [0.2, 0.25) is 0 Å². The molecule has 0 bridgehead atoms. The summed E-state index contributed by atoms with van der Waals surface area (Å²) in [5.74, 6) is -0.0557. The van der Waals surface area contributed by atoms with Crippen molar-refractivity contribution >= 4 is 17.9 Å². The largest absolute Gasteiger partial charge is 0.462 e. The predicted octanol–water partition coefficient (Wildman–Crippen LogP) is 12.8. The number of hydrogen-bond donors (Lipinski definition) is 0. The highest BCUT2D eigenvalue weighted by atomic mass is 16.6. The number of carbonyl (C=O) groups excluding carboxylic acids is 3. The molecule has 6 heteroatoms. The lowest BCUT2D eigenvalue weighted by Crippen LogP contribution is -2.30. The van der Waals surface area contributed by atoms with Crippen molar-refractivity contribution in [3.63, 3.8) is 0 Å². The van der Waals surface area contributed by atoms with Crippen LogP contribution in [0.4, 0.5) is 0 Å². The first kappa shape index (κ1) is 46.4. The average molecular weight is 681 g/mol. The smallest absolute Gasteiger partial charge is 0.306 e. The van der Waals surface area contributed by atoms with Gasteiger partial charge in [-0.3, -0.25) is 14.4 Å². The Kier molecular flexibility index (Phi) is 35.5. The first-order valence-corrected chi connectivity index (χ1v) is 20.9. The fraction of sp³-hybridized carbons (Fsp3) is 0.929. The van der Waals surface area contributed by atoms with Crippen LogP contribution in [0.3, 0.4) is 0 Å². The third-order valence-electron chi connectivity index (χ3n) is 9.65. The number of ether oxygens (including phenoxy) is 3. The van der Waals surface area contributed by atoms with Crippen LogP contribution in [-0.4, -0.2) is 37.2 Å². The minimum atomic E-state index is -0.758. The molecule has 0 rings (SSSR count). The van der Waals surface area contributed by atoms with Gasteiger partial charge < -0.3 is 14.2 Å². The van der Waals surface area contributed by atoms with Gasteiger partial charge in [0.25, 0.3) is 0 Å². The molecule has 0 saturated heterocycles. The second kappa shape index (κ2) is 36.7. The van der Waals surface area contributed by atoms with Crippen molar-refractivity contribution in [2.24, 2.45) is 5.92 Å². The molecule has 0 spiro atoms. The molecule has 0 aromatic rings. The molecule has 1 unspecified atom stereocenters. The van der Waals surface area contributed by atoms with Crippen LogP contribution in [0.5, 0.6) is 0 Å². The summed E-state index contributed by atoms with van der Waals surface area (Å²) in [6.45, 7) is 8.92. The number of hydrogen-bond acceptors (Lipinski definition) is 6. The molecule has 0 heterocycles. The van der Waals surface area contributed by atoms with Crippen molar-refractivity contribution < 1.29 is 28.6 Å². The Morgan fingerprint density at radius 2 is 0.729 bits per heavy atom. The van der Waals surface area contributed by atoms with Crippen molar-refractivity contribution in [2.45, 2.75) is 233 Å². The van der Waals surface area contributed by atoms with Gasteiger partial charge in [0.1, 0.15) is 13.2 Å². The zero-order chi connectivity index (χ0) is 35.3. The quantitative estimate of drug-likeness (QED) is 0.0369. The van der Waals surface area contributed by atoms with Gasteiger partial charge in [-0.15, -0.1) is 0 Å². The van der Waals surface area contributed by atoms with Crippen LogP contribution >= 0.6 is 0 Å². The lowest BCUT2D eigenvalue weighted by atomic mass is 10.00. The van der Waals surface area contributed by atoms with Crippen LogP contribution in [0.15, 0.2) is 0 Å². The summed E-state index contributed by atoms with van der Waals surface area (Å²) in [5, 5.41) is 0. The van der Waals surface area contributed by atoms with Crippen LogP contribution < -0.4 is 0 Å². The Hall–Kier alpha value is -1.59. The molecule has 6 nitrogen and oxygen atoms in total. The Balaban J connectivity index is 4.35. The van der Waals surface area contributed by atoms with E-state index >= 15 is 0 Å². The van der Waals surface area contributed by atoms with Crippen molar-refractivity contribution in [3.8, 4) is 0 Å². The molecule has 0 aliphatic carbocycles. The van der Waals surface area contributed by atoms with Crippen LogP contribution in [-0.2, 0) is 28.6 Å². The molecule has 0 aromatic carbocycles. The molecule has 0 N–H and O–H groups in total. The molecule has 0 saturated carbocycles. The van der Waals surface area contributed by atoms with Gasteiger partial charge in [-0.2, -0.15) is 0 Å². The predicted molar refractivity (Wildman–Crippen MR) is 201 cm³/mol. The second-order valence-corrected chi connectivity index (χ2v) is 14.5. The van der Waals surface area contributed by atoms with Gasteiger partial charge in [-0.25, -0.2) is 0 Å². The molecule has 48 heavy (non-hydrogen) atoms. The van der Waals surface area contributed by atoms with Gasteiger partial charge in [0.15, 0.2) is 6.10 Å². The third-order valence-corrected chi connectivity index (χ3v) is 9.65. The van der Waals surface area contributed by atoms with E-state index in [4.69, 9.17) is 14.2 Å². The van der Waals surface area contributed by atoms with Crippen molar-refractivity contribution in [3.05, 3.63) is 0 Å². The molecule has 0 fully saturated rings. The Bertz CT molecular complexity index is 723. The maximum atomic E-state index is 12.6. The van der Waals surface area contributed by atoms with Crippen LogP contribution in [0, 0.1) is 5.92 Å². The fourth-order valence-corrected chi connectivity index (χ4v) is 6.06. The number of unbranched alkanes of at least 4 members (excludes halogenated alkanes) is 23. The number of rotatable bonds is 37. The highest BCUT2D eigenvalue weighted by molar-refractivity contribution is 5.71. The molecule has 0 aliphatic rings. The minimum absolute atomic E-state index is 0.0654. The molecular formula is C42H80O6. The summed E-state index contributed by atoms with van der Waals surface area (Å²) in [7, 11) is 0. The fourth-order valence-electron chi connectivity index (χ4n) is 6.06. The summed E-state index contributed by atoms with van der Waals surface area (Å²) < 4.78 is 16.6. The molecule has 0 radical (unpaired) electrons. The van der Waals surface area contributed by atoms with Crippen LogP contribution in [0.25, 0.3) is 0 Å².